The molecule has 0 aromatic heterocycles. The summed E-state index contributed by atoms with van der Waals surface area (Å²) in [5.41, 5.74) is 1.18. The number of hydrogen-bond acceptors (Lipinski definition) is 4. The van der Waals surface area contributed by atoms with Crippen molar-refractivity contribution in [3.05, 3.63) is 22.2 Å². The van der Waals surface area contributed by atoms with Crippen molar-refractivity contribution in [2.45, 2.75) is 46.6 Å². The molecule has 0 aliphatic rings. The maximum atomic E-state index is 5.69. The highest BCUT2D eigenvalue weighted by molar-refractivity contribution is 9.10. The molecule has 0 saturated carbocycles. The van der Waals surface area contributed by atoms with Crippen molar-refractivity contribution >= 4 is 28.3 Å². The van der Waals surface area contributed by atoms with Crippen molar-refractivity contribution in [1.82, 2.24) is 5.32 Å². The Labute approximate surface area is 161 Å². The highest BCUT2D eigenvalue weighted by Gasteiger charge is 2.11. The lowest BCUT2D eigenvalue weighted by atomic mass is 10.2. The minimum absolute atomic E-state index is 0. The van der Waals surface area contributed by atoms with Gasteiger partial charge in [-0.05, 0) is 66.9 Å². The van der Waals surface area contributed by atoms with Crippen LogP contribution in [0.15, 0.2) is 16.6 Å². The molecule has 0 atom stereocenters. The summed E-state index contributed by atoms with van der Waals surface area (Å²) in [7, 11) is 0. The van der Waals surface area contributed by atoms with Crippen molar-refractivity contribution < 1.29 is 14.2 Å². The van der Waals surface area contributed by atoms with E-state index in [1.165, 1.54) is 12.0 Å². The molecule has 0 aliphatic carbocycles. The molecule has 4 nitrogen and oxygen atoms in total. The monoisotopic (exact) mass is 423 g/mol. The van der Waals surface area contributed by atoms with Crippen molar-refractivity contribution in [3.8, 4) is 11.5 Å². The topological polar surface area (TPSA) is 39.7 Å². The zero-order valence-electron chi connectivity index (χ0n) is 15.0. The van der Waals surface area contributed by atoms with Gasteiger partial charge >= 0.3 is 0 Å². The predicted molar refractivity (Wildman–Crippen MR) is 106 cm³/mol. The number of benzene rings is 1. The van der Waals surface area contributed by atoms with E-state index in [4.69, 9.17) is 14.2 Å². The standard InChI is InChI=1S/C18H30BrNO3.ClH/c1-4-7-10-21-11-8-9-20-14-15-12-16(19)18(23-6-3)17(13-15)22-5-2;/h12-13,20H,4-11,14H2,1-3H3;1H. The lowest BCUT2D eigenvalue weighted by Crippen LogP contribution is -2.16. The smallest absolute Gasteiger partial charge is 0.175 e. The molecule has 0 heterocycles. The lowest BCUT2D eigenvalue weighted by Gasteiger charge is -2.15. The molecule has 0 bridgehead atoms. The summed E-state index contributed by atoms with van der Waals surface area (Å²) in [6, 6.07) is 4.13. The van der Waals surface area contributed by atoms with Gasteiger partial charge in [0.05, 0.1) is 17.7 Å². The molecule has 0 radical (unpaired) electrons. The molecule has 6 heteroatoms. The first-order valence-electron chi connectivity index (χ1n) is 8.59. The molecule has 0 amide bonds. The van der Waals surface area contributed by atoms with Gasteiger partial charge in [-0.1, -0.05) is 13.3 Å². The Hall–Kier alpha value is -0.490. The van der Waals surface area contributed by atoms with Gasteiger partial charge < -0.3 is 19.5 Å². The van der Waals surface area contributed by atoms with E-state index in [1.54, 1.807) is 0 Å². The number of ether oxygens (including phenoxy) is 3. The van der Waals surface area contributed by atoms with Gasteiger partial charge in [0.1, 0.15) is 0 Å². The fourth-order valence-electron chi connectivity index (χ4n) is 2.15. The molecule has 0 saturated heterocycles. The van der Waals surface area contributed by atoms with Gasteiger partial charge in [-0.3, -0.25) is 0 Å². The van der Waals surface area contributed by atoms with E-state index in [-0.39, 0.29) is 12.4 Å². The third kappa shape index (κ3) is 9.11. The number of hydrogen-bond donors (Lipinski definition) is 1. The third-order valence-corrected chi connectivity index (χ3v) is 3.86. The molecular weight excluding hydrogens is 394 g/mol. The van der Waals surface area contributed by atoms with Gasteiger partial charge in [0.25, 0.3) is 0 Å². The van der Waals surface area contributed by atoms with Crippen LogP contribution in [0.3, 0.4) is 0 Å². The first-order chi connectivity index (χ1) is 11.2. The Balaban J connectivity index is 0.00000529. The van der Waals surface area contributed by atoms with E-state index < -0.39 is 0 Å². The van der Waals surface area contributed by atoms with Crippen LogP contribution in [0.5, 0.6) is 11.5 Å². The molecule has 0 aliphatic heterocycles. The van der Waals surface area contributed by atoms with Crippen LogP contribution >= 0.6 is 28.3 Å². The molecule has 1 aromatic rings. The molecule has 24 heavy (non-hydrogen) atoms. The van der Waals surface area contributed by atoms with E-state index in [0.717, 1.165) is 55.1 Å². The summed E-state index contributed by atoms with van der Waals surface area (Å²) in [5.74, 6) is 1.57. The Morgan fingerprint density at radius 1 is 1.00 bits per heavy atom. The van der Waals surface area contributed by atoms with Crippen LogP contribution in [0.4, 0.5) is 0 Å². The summed E-state index contributed by atoms with van der Waals surface area (Å²) < 4.78 is 17.8. The second kappa shape index (κ2) is 14.8. The van der Waals surface area contributed by atoms with Gasteiger partial charge in [-0.25, -0.2) is 0 Å². The zero-order valence-corrected chi connectivity index (χ0v) is 17.4. The highest BCUT2D eigenvalue weighted by atomic mass is 79.9. The maximum Gasteiger partial charge on any atom is 0.175 e. The first-order valence-corrected chi connectivity index (χ1v) is 9.38. The van der Waals surface area contributed by atoms with E-state index in [9.17, 15) is 0 Å². The van der Waals surface area contributed by atoms with Crippen LogP contribution in [0.2, 0.25) is 0 Å². The summed E-state index contributed by atoms with van der Waals surface area (Å²) in [5, 5.41) is 3.44. The van der Waals surface area contributed by atoms with E-state index in [0.29, 0.717) is 13.2 Å². The van der Waals surface area contributed by atoms with E-state index in [1.807, 2.05) is 19.9 Å². The van der Waals surface area contributed by atoms with Crippen molar-refractivity contribution in [1.29, 1.82) is 0 Å². The van der Waals surface area contributed by atoms with Crippen molar-refractivity contribution in [3.63, 3.8) is 0 Å². The fraction of sp³-hybridized carbons (Fsp3) is 0.667. The maximum absolute atomic E-state index is 5.69. The van der Waals surface area contributed by atoms with Crippen LogP contribution in [0, 0.1) is 0 Å². The summed E-state index contributed by atoms with van der Waals surface area (Å²) in [4.78, 5) is 0. The first kappa shape index (κ1) is 23.5. The Morgan fingerprint density at radius 3 is 2.38 bits per heavy atom. The van der Waals surface area contributed by atoms with Gasteiger partial charge in [0.15, 0.2) is 11.5 Å². The molecule has 1 aromatic carbocycles. The van der Waals surface area contributed by atoms with Crippen LogP contribution in [-0.2, 0) is 11.3 Å². The van der Waals surface area contributed by atoms with Crippen molar-refractivity contribution in [2.75, 3.05) is 33.0 Å². The number of unbranched alkanes of at least 4 members (excludes halogenated alkanes) is 1. The second-order valence-electron chi connectivity index (χ2n) is 5.27. The van der Waals surface area contributed by atoms with Gasteiger partial charge in [-0.15, -0.1) is 12.4 Å². The van der Waals surface area contributed by atoms with Gasteiger partial charge in [0.2, 0.25) is 0 Å². The highest BCUT2D eigenvalue weighted by Crippen LogP contribution is 2.36. The Bertz CT molecular complexity index is 447. The number of halogens is 2. The largest absolute Gasteiger partial charge is 0.490 e. The average molecular weight is 425 g/mol. The summed E-state index contributed by atoms with van der Waals surface area (Å²) in [6.45, 7) is 10.8. The minimum Gasteiger partial charge on any atom is -0.490 e. The number of nitrogens with one attached hydrogen (secondary N) is 1. The molecule has 0 unspecified atom stereocenters. The Kier molecular flexibility index (Phi) is 14.5. The van der Waals surface area contributed by atoms with E-state index >= 15 is 0 Å². The molecule has 0 fully saturated rings. The quantitative estimate of drug-likeness (QED) is 0.454. The molecule has 0 spiro atoms. The SMILES string of the molecule is CCCCOCCCNCc1cc(Br)c(OCC)c(OCC)c1.Cl. The molecular formula is C18H31BrClNO3. The average Bonchev–Trinajstić information content (AvgIpc) is 2.53. The van der Waals surface area contributed by atoms with Crippen LogP contribution in [0.25, 0.3) is 0 Å². The minimum atomic E-state index is 0. The summed E-state index contributed by atoms with van der Waals surface area (Å²) in [6.07, 6.45) is 3.36. The lowest BCUT2D eigenvalue weighted by molar-refractivity contribution is 0.129. The van der Waals surface area contributed by atoms with Gasteiger partial charge in [0, 0.05) is 19.8 Å². The third-order valence-electron chi connectivity index (χ3n) is 3.27. The fourth-order valence-corrected chi connectivity index (χ4v) is 2.76. The molecule has 140 valence electrons. The van der Waals surface area contributed by atoms with Crippen LogP contribution in [0.1, 0.15) is 45.6 Å². The molecule has 1 rings (SSSR count). The van der Waals surface area contributed by atoms with Crippen LogP contribution in [-0.4, -0.2) is 33.0 Å². The van der Waals surface area contributed by atoms with Crippen molar-refractivity contribution in [2.24, 2.45) is 0 Å². The number of rotatable bonds is 13. The van der Waals surface area contributed by atoms with Gasteiger partial charge in [-0.2, -0.15) is 0 Å². The van der Waals surface area contributed by atoms with E-state index in [2.05, 4.69) is 34.2 Å². The normalized spacial score (nSPS) is 10.3. The predicted octanol–water partition coefficient (Wildman–Crippen LogP) is 4.96. The summed E-state index contributed by atoms with van der Waals surface area (Å²) >= 11 is 3.57. The second-order valence-corrected chi connectivity index (χ2v) is 6.12. The zero-order chi connectivity index (χ0) is 16.9. The Morgan fingerprint density at radius 2 is 1.71 bits per heavy atom. The van der Waals surface area contributed by atoms with Crippen LogP contribution < -0.4 is 14.8 Å². The molecule has 1 N–H and O–H groups in total.